The number of anilines is 1. The van der Waals surface area contributed by atoms with E-state index in [9.17, 15) is 4.39 Å². The molecule has 0 saturated carbocycles. The lowest BCUT2D eigenvalue weighted by Gasteiger charge is -2.12. The highest BCUT2D eigenvalue weighted by Crippen LogP contribution is 2.29. The van der Waals surface area contributed by atoms with Crippen LogP contribution < -0.4 is 5.32 Å². The van der Waals surface area contributed by atoms with Crippen LogP contribution >= 0.6 is 0 Å². The third-order valence-electron chi connectivity index (χ3n) is 3.19. The summed E-state index contributed by atoms with van der Waals surface area (Å²) >= 11 is 0. The highest BCUT2D eigenvalue weighted by molar-refractivity contribution is 5.88. The van der Waals surface area contributed by atoms with Crippen molar-refractivity contribution < 1.29 is 4.39 Å². The van der Waals surface area contributed by atoms with E-state index in [1.165, 1.54) is 12.1 Å². The number of nitrogens with one attached hydrogen (secondary N) is 1. The van der Waals surface area contributed by atoms with Crippen LogP contribution in [0.25, 0.3) is 22.2 Å². The summed E-state index contributed by atoms with van der Waals surface area (Å²) in [5.74, 6) is -0.264. The number of halogens is 1. The zero-order valence-electron chi connectivity index (χ0n) is 11.2. The fourth-order valence-corrected chi connectivity index (χ4v) is 2.28. The van der Waals surface area contributed by atoms with Gasteiger partial charge in [0.25, 0.3) is 0 Å². The Hall–Kier alpha value is -2.42. The van der Waals surface area contributed by atoms with Crippen molar-refractivity contribution in [2.75, 3.05) is 11.9 Å². The van der Waals surface area contributed by atoms with Gasteiger partial charge in [0.2, 0.25) is 0 Å². The van der Waals surface area contributed by atoms with Gasteiger partial charge in [-0.2, -0.15) is 0 Å². The third-order valence-corrected chi connectivity index (χ3v) is 3.19. The topological polar surface area (TPSA) is 24.9 Å². The van der Waals surface area contributed by atoms with Crippen molar-refractivity contribution >= 4 is 16.6 Å². The Morgan fingerprint density at radius 1 is 1.05 bits per heavy atom. The van der Waals surface area contributed by atoms with Gasteiger partial charge < -0.3 is 5.32 Å². The summed E-state index contributed by atoms with van der Waals surface area (Å²) in [6.45, 7) is 2.86. The first-order valence-electron chi connectivity index (χ1n) is 6.67. The molecule has 3 rings (SSSR count). The van der Waals surface area contributed by atoms with Gasteiger partial charge in [0.15, 0.2) is 0 Å². The number of fused-ring (bicyclic) bond motifs is 1. The maximum Gasteiger partial charge on any atom is 0.125 e. The molecule has 1 heterocycles. The second-order valence-corrected chi connectivity index (χ2v) is 4.62. The molecular weight excluding hydrogens is 251 g/mol. The first kappa shape index (κ1) is 12.6. The normalized spacial score (nSPS) is 10.7. The van der Waals surface area contributed by atoms with Crippen LogP contribution in [0.2, 0.25) is 0 Å². The molecule has 0 aliphatic carbocycles. The van der Waals surface area contributed by atoms with Crippen molar-refractivity contribution in [3.8, 4) is 11.3 Å². The molecule has 0 bridgehead atoms. The van der Waals surface area contributed by atoms with Gasteiger partial charge in [-0.25, -0.2) is 9.37 Å². The van der Waals surface area contributed by atoms with Crippen LogP contribution in [0.1, 0.15) is 6.92 Å². The van der Waals surface area contributed by atoms with Gasteiger partial charge in [-0.15, -0.1) is 0 Å². The summed E-state index contributed by atoms with van der Waals surface area (Å²) in [4.78, 5) is 4.62. The van der Waals surface area contributed by atoms with E-state index >= 15 is 0 Å². The number of hydrogen-bond acceptors (Lipinski definition) is 2. The summed E-state index contributed by atoms with van der Waals surface area (Å²) in [5, 5.41) is 4.26. The fraction of sp³-hybridized carbons (Fsp3) is 0.118. The molecule has 0 amide bonds. The molecule has 0 fully saturated rings. The Labute approximate surface area is 117 Å². The minimum atomic E-state index is -0.264. The van der Waals surface area contributed by atoms with Crippen LogP contribution in [-0.4, -0.2) is 11.5 Å². The molecule has 0 saturated heterocycles. The summed E-state index contributed by atoms with van der Waals surface area (Å²) in [7, 11) is 0. The number of hydrogen-bond donors (Lipinski definition) is 1. The number of rotatable bonds is 3. The molecule has 0 aliphatic rings. The summed E-state index contributed by atoms with van der Waals surface area (Å²) in [6.07, 6.45) is 0. The fourth-order valence-electron chi connectivity index (χ4n) is 2.28. The number of aromatic nitrogens is 1. The SMILES string of the molecule is CCNc1cc2ccc(F)cc2nc1-c1ccccc1. The van der Waals surface area contributed by atoms with Gasteiger partial charge in [0.05, 0.1) is 16.9 Å². The maximum atomic E-state index is 13.4. The van der Waals surface area contributed by atoms with Gasteiger partial charge >= 0.3 is 0 Å². The molecule has 0 spiro atoms. The van der Waals surface area contributed by atoms with E-state index in [0.29, 0.717) is 5.52 Å². The average Bonchev–Trinajstić information content (AvgIpc) is 2.48. The standard InChI is InChI=1S/C17H15FN2/c1-2-19-16-10-13-8-9-14(18)11-15(13)20-17(16)12-6-4-3-5-7-12/h3-11,19H,2H2,1H3. The highest BCUT2D eigenvalue weighted by atomic mass is 19.1. The molecule has 1 N–H and O–H groups in total. The van der Waals surface area contributed by atoms with Crippen molar-refractivity contribution in [3.05, 3.63) is 60.4 Å². The molecule has 3 aromatic rings. The monoisotopic (exact) mass is 266 g/mol. The second kappa shape index (κ2) is 5.29. The molecular formula is C17H15FN2. The predicted molar refractivity (Wildman–Crippen MR) is 81.3 cm³/mol. The largest absolute Gasteiger partial charge is 0.384 e. The van der Waals surface area contributed by atoms with Crippen molar-refractivity contribution in [1.29, 1.82) is 0 Å². The maximum absolute atomic E-state index is 13.4. The van der Waals surface area contributed by atoms with Crippen LogP contribution in [0.4, 0.5) is 10.1 Å². The van der Waals surface area contributed by atoms with E-state index in [0.717, 1.165) is 28.9 Å². The van der Waals surface area contributed by atoms with Crippen molar-refractivity contribution in [1.82, 2.24) is 4.98 Å². The molecule has 20 heavy (non-hydrogen) atoms. The van der Waals surface area contributed by atoms with E-state index < -0.39 is 0 Å². The molecule has 0 atom stereocenters. The number of nitrogens with zero attached hydrogens (tertiary/aromatic N) is 1. The molecule has 100 valence electrons. The number of benzene rings is 2. The molecule has 0 aliphatic heterocycles. The average molecular weight is 266 g/mol. The highest BCUT2D eigenvalue weighted by Gasteiger charge is 2.09. The second-order valence-electron chi connectivity index (χ2n) is 4.62. The Kier molecular flexibility index (Phi) is 3.33. The van der Waals surface area contributed by atoms with Gasteiger partial charge in [0, 0.05) is 23.6 Å². The quantitative estimate of drug-likeness (QED) is 0.756. The van der Waals surface area contributed by atoms with E-state index in [2.05, 4.69) is 10.3 Å². The van der Waals surface area contributed by atoms with Gasteiger partial charge in [0.1, 0.15) is 5.82 Å². The zero-order chi connectivity index (χ0) is 13.9. The van der Waals surface area contributed by atoms with Gasteiger partial charge in [-0.1, -0.05) is 30.3 Å². The lowest BCUT2D eigenvalue weighted by atomic mass is 10.1. The summed E-state index contributed by atoms with van der Waals surface area (Å²) < 4.78 is 13.4. The predicted octanol–water partition coefficient (Wildman–Crippen LogP) is 4.47. The Morgan fingerprint density at radius 3 is 2.60 bits per heavy atom. The molecule has 3 heteroatoms. The first-order valence-corrected chi connectivity index (χ1v) is 6.67. The molecule has 0 radical (unpaired) electrons. The summed E-state index contributed by atoms with van der Waals surface area (Å²) in [5.41, 5.74) is 3.52. The third kappa shape index (κ3) is 2.35. The smallest absolute Gasteiger partial charge is 0.125 e. The first-order chi connectivity index (χ1) is 9.78. The Bertz CT molecular complexity index is 739. The number of pyridine rings is 1. The van der Waals surface area contributed by atoms with Crippen LogP contribution in [0.3, 0.4) is 0 Å². The lowest BCUT2D eigenvalue weighted by Crippen LogP contribution is -2.01. The van der Waals surface area contributed by atoms with Crippen molar-refractivity contribution in [2.45, 2.75) is 6.92 Å². The van der Waals surface area contributed by atoms with Crippen LogP contribution in [-0.2, 0) is 0 Å². The van der Waals surface area contributed by atoms with E-state index in [1.807, 2.05) is 43.3 Å². The van der Waals surface area contributed by atoms with Crippen molar-refractivity contribution in [2.24, 2.45) is 0 Å². The molecule has 0 unspecified atom stereocenters. The Morgan fingerprint density at radius 2 is 1.85 bits per heavy atom. The molecule has 1 aromatic heterocycles. The van der Waals surface area contributed by atoms with Crippen LogP contribution in [0, 0.1) is 5.82 Å². The van der Waals surface area contributed by atoms with Crippen LogP contribution in [0.15, 0.2) is 54.6 Å². The molecule has 2 nitrogen and oxygen atoms in total. The zero-order valence-corrected chi connectivity index (χ0v) is 11.2. The van der Waals surface area contributed by atoms with Gasteiger partial charge in [-0.3, -0.25) is 0 Å². The van der Waals surface area contributed by atoms with E-state index in [1.54, 1.807) is 6.07 Å². The van der Waals surface area contributed by atoms with Crippen molar-refractivity contribution in [3.63, 3.8) is 0 Å². The lowest BCUT2D eigenvalue weighted by molar-refractivity contribution is 0.629. The molecule has 2 aromatic carbocycles. The van der Waals surface area contributed by atoms with E-state index in [4.69, 9.17) is 0 Å². The Balaban J connectivity index is 2.24. The van der Waals surface area contributed by atoms with Gasteiger partial charge in [-0.05, 0) is 25.1 Å². The van der Waals surface area contributed by atoms with E-state index in [-0.39, 0.29) is 5.82 Å². The minimum Gasteiger partial charge on any atom is -0.384 e. The minimum absolute atomic E-state index is 0.264. The van der Waals surface area contributed by atoms with Crippen LogP contribution in [0.5, 0.6) is 0 Å². The summed E-state index contributed by atoms with van der Waals surface area (Å²) in [6, 6.07) is 16.6.